The van der Waals surface area contributed by atoms with Gasteiger partial charge in [-0.15, -0.1) is 6.58 Å². The van der Waals surface area contributed by atoms with E-state index in [9.17, 15) is 9.59 Å². The summed E-state index contributed by atoms with van der Waals surface area (Å²) in [6, 6.07) is 9.60. The lowest BCUT2D eigenvalue weighted by molar-refractivity contribution is 0.0956. The molecule has 0 bridgehead atoms. The summed E-state index contributed by atoms with van der Waals surface area (Å²) in [5.74, 6) is 0.740. The van der Waals surface area contributed by atoms with Gasteiger partial charge in [-0.25, -0.2) is 0 Å². The van der Waals surface area contributed by atoms with Crippen molar-refractivity contribution < 1.29 is 23.8 Å². The molecule has 0 atom stereocenters. The van der Waals surface area contributed by atoms with Crippen molar-refractivity contribution in [2.75, 3.05) is 33.2 Å². The molecule has 2 N–H and O–H groups in total. The molecule has 0 fully saturated rings. The largest absolute Gasteiger partial charge is 0.493 e. The monoisotopic (exact) mass is 370 g/mol. The Labute approximate surface area is 157 Å². The van der Waals surface area contributed by atoms with Gasteiger partial charge >= 0.3 is 0 Å². The van der Waals surface area contributed by atoms with Crippen molar-refractivity contribution in [3.05, 3.63) is 60.2 Å². The van der Waals surface area contributed by atoms with E-state index in [1.54, 1.807) is 42.5 Å². The number of benzene rings is 2. The molecule has 0 saturated heterocycles. The van der Waals surface area contributed by atoms with Crippen molar-refractivity contribution in [3.63, 3.8) is 0 Å². The van der Waals surface area contributed by atoms with Crippen LogP contribution >= 0.6 is 0 Å². The molecule has 2 rings (SSSR count). The molecular formula is C20H22N2O5. The van der Waals surface area contributed by atoms with Gasteiger partial charge in [0.1, 0.15) is 0 Å². The molecule has 0 aliphatic heterocycles. The number of ether oxygens (including phenoxy) is 3. The first kappa shape index (κ1) is 19.8. The second kappa shape index (κ2) is 9.28. The number of amides is 2. The van der Waals surface area contributed by atoms with Crippen molar-refractivity contribution in [2.45, 2.75) is 0 Å². The quantitative estimate of drug-likeness (QED) is 0.698. The van der Waals surface area contributed by atoms with E-state index >= 15 is 0 Å². The van der Waals surface area contributed by atoms with Crippen molar-refractivity contribution in [1.29, 1.82) is 0 Å². The van der Waals surface area contributed by atoms with Crippen molar-refractivity contribution >= 4 is 17.5 Å². The summed E-state index contributed by atoms with van der Waals surface area (Å²) < 4.78 is 15.8. The number of hydrogen-bond donors (Lipinski definition) is 2. The zero-order chi connectivity index (χ0) is 19.8. The average Bonchev–Trinajstić information content (AvgIpc) is 2.71. The van der Waals surface area contributed by atoms with Gasteiger partial charge < -0.3 is 24.8 Å². The first-order chi connectivity index (χ1) is 13.0. The van der Waals surface area contributed by atoms with Gasteiger partial charge in [0.25, 0.3) is 11.8 Å². The third kappa shape index (κ3) is 4.78. The highest BCUT2D eigenvalue weighted by molar-refractivity contribution is 6.05. The highest BCUT2D eigenvalue weighted by Crippen LogP contribution is 2.40. The van der Waals surface area contributed by atoms with E-state index in [1.165, 1.54) is 21.3 Å². The fourth-order valence-corrected chi connectivity index (χ4v) is 2.40. The van der Waals surface area contributed by atoms with E-state index in [0.29, 0.717) is 40.6 Å². The Kier molecular flexibility index (Phi) is 6.82. The predicted molar refractivity (Wildman–Crippen MR) is 103 cm³/mol. The minimum Gasteiger partial charge on any atom is -0.493 e. The normalized spacial score (nSPS) is 9.89. The minimum absolute atomic E-state index is 0.230. The first-order valence-electron chi connectivity index (χ1n) is 8.14. The van der Waals surface area contributed by atoms with E-state index in [1.807, 2.05) is 0 Å². The summed E-state index contributed by atoms with van der Waals surface area (Å²) in [5.41, 5.74) is 1.35. The van der Waals surface area contributed by atoms with Gasteiger partial charge in [0.15, 0.2) is 11.5 Å². The Morgan fingerprint density at radius 2 is 1.44 bits per heavy atom. The molecule has 2 aromatic rings. The van der Waals surface area contributed by atoms with Gasteiger partial charge in [0.2, 0.25) is 5.75 Å². The van der Waals surface area contributed by atoms with Gasteiger partial charge in [-0.05, 0) is 24.3 Å². The van der Waals surface area contributed by atoms with E-state index in [-0.39, 0.29) is 11.8 Å². The van der Waals surface area contributed by atoms with Crippen LogP contribution in [0.15, 0.2) is 49.1 Å². The molecule has 0 aliphatic carbocycles. The lowest BCUT2D eigenvalue weighted by Gasteiger charge is -2.14. The fourth-order valence-electron chi connectivity index (χ4n) is 2.40. The van der Waals surface area contributed by atoms with Crippen LogP contribution in [0.25, 0.3) is 0 Å². The zero-order valence-corrected chi connectivity index (χ0v) is 15.5. The maximum absolute atomic E-state index is 12.5. The van der Waals surface area contributed by atoms with E-state index in [4.69, 9.17) is 14.2 Å². The number of anilines is 1. The molecule has 142 valence electrons. The topological polar surface area (TPSA) is 85.9 Å². The van der Waals surface area contributed by atoms with E-state index < -0.39 is 0 Å². The SMILES string of the molecule is C=CCNC(=O)c1ccc(C(=O)Nc2cc(OC)c(OC)c(OC)c2)cc1. The maximum atomic E-state index is 12.5. The number of carbonyl (C=O) groups excluding carboxylic acids is 2. The Balaban J connectivity index is 2.17. The summed E-state index contributed by atoms with van der Waals surface area (Å²) in [4.78, 5) is 24.4. The Hall–Kier alpha value is -3.48. The standard InChI is InChI=1S/C20H22N2O5/c1-5-10-21-19(23)13-6-8-14(9-7-13)20(24)22-15-11-16(25-2)18(27-4)17(12-15)26-3/h5-9,11-12H,1,10H2,2-4H3,(H,21,23)(H,22,24). The van der Waals surface area contributed by atoms with Crippen LogP contribution in [0.3, 0.4) is 0 Å². The third-order valence-electron chi connectivity index (χ3n) is 3.74. The average molecular weight is 370 g/mol. The molecule has 0 unspecified atom stereocenters. The molecule has 27 heavy (non-hydrogen) atoms. The maximum Gasteiger partial charge on any atom is 0.255 e. The van der Waals surface area contributed by atoms with Gasteiger partial charge in [0, 0.05) is 35.5 Å². The van der Waals surface area contributed by atoms with Gasteiger partial charge in [-0.1, -0.05) is 6.08 Å². The number of carbonyl (C=O) groups is 2. The zero-order valence-electron chi connectivity index (χ0n) is 15.5. The summed E-state index contributed by atoms with van der Waals surface area (Å²) >= 11 is 0. The van der Waals surface area contributed by atoms with Crippen molar-refractivity contribution in [2.24, 2.45) is 0 Å². The predicted octanol–water partition coefficient (Wildman–Crippen LogP) is 2.88. The summed E-state index contributed by atoms with van der Waals surface area (Å²) in [6.45, 7) is 3.92. The van der Waals surface area contributed by atoms with Crippen LogP contribution in [0.4, 0.5) is 5.69 Å². The fraction of sp³-hybridized carbons (Fsp3) is 0.200. The summed E-state index contributed by atoms with van der Waals surface area (Å²) in [5, 5.41) is 5.45. The van der Waals surface area contributed by atoms with Gasteiger partial charge in [-0.3, -0.25) is 9.59 Å². The van der Waals surface area contributed by atoms with Crippen LogP contribution in [0.2, 0.25) is 0 Å². The highest BCUT2D eigenvalue weighted by atomic mass is 16.5. The number of hydrogen-bond acceptors (Lipinski definition) is 5. The molecule has 0 saturated carbocycles. The summed E-state index contributed by atoms with van der Waals surface area (Å²) in [7, 11) is 4.50. The Morgan fingerprint density at radius 3 is 1.89 bits per heavy atom. The number of nitrogens with one attached hydrogen (secondary N) is 2. The van der Waals surface area contributed by atoms with Crippen LogP contribution < -0.4 is 24.8 Å². The molecule has 0 spiro atoms. The molecule has 0 heterocycles. The van der Waals surface area contributed by atoms with Crippen molar-refractivity contribution in [1.82, 2.24) is 5.32 Å². The number of methoxy groups -OCH3 is 3. The highest BCUT2D eigenvalue weighted by Gasteiger charge is 2.15. The molecule has 0 aliphatic rings. The molecule has 2 amide bonds. The minimum atomic E-state index is -0.331. The van der Waals surface area contributed by atoms with Crippen LogP contribution in [0.5, 0.6) is 17.2 Å². The Bertz CT molecular complexity index is 806. The summed E-state index contributed by atoms with van der Waals surface area (Å²) in [6.07, 6.45) is 1.59. The molecule has 0 aromatic heterocycles. The van der Waals surface area contributed by atoms with Crippen LogP contribution in [-0.4, -0.2) is 39.7 Å². The van der Waals surface area contributed by atoms with Gasteiger partial charge in [0.05, 0.1) is 21.3 Å². The molecule has 7 nitrogen and oxygen atoms in total. The molecule has 0 radical (unpaired) electrons. The van der Waals surface area contributed by atoms with E-state index in [0.717, 1.165) is 0 Å². The lowest BCUT2D eigenvalue weighted by atomic mass is 10.1. The molecule has 2 aromatic carbocycles. The van der Waals surface area contributed by atoms with E-state index in [2.05, 4.69) is 17.2 Å². The van der Waals surface area contributed by atoms with Gasteiger partial charge in [-0.2, -0.15) is 0 Å². The molecular weight excluding hydrogens is 348 g/mol. The van der Waals surface area contributed by atoms with Crippen LogP contribution in [-0.2, 0) is 0 Å². The number of rotatable bonds is 8. The third-order valence-corrected chi connectivity index (χ3v) is 3.74. The lowest BCUT2D eigenvalue weighted by Crippen LogP contribution is -2.23. The molecule has 7 heteroatoms. The van der Waals surface area contributed by atoms with Crippen LogP contribution in [0, 0.1) is 0 Å². The van der Waals surface area contributed by atoms with Crippen molar-refractivity contribution in [3.8, 4) is 17.2 Å². The van der Waals surface area contributed by atoms with Crippen LogP contribution in [0.1, 0.15) is 20.7 Å². The Morgan fingerprint density at radius 1 is 0.926 bits per heavy atom. The second-order valence-electron chi connectivity index (χ2n) is 5.44. The second-order valence-corrected chi connectivity index (χ2v) is 5.44. The first-order valence-corrected chi connectivity index (χ1v) is 8.14. The smallest absolute Gasteiger partial charge is 0.255 e.